The standard InChI is InChI=1S/C17H19N3O2/c1-17(2,3)22-16(21)19-8-4-5-12-6-7-13-11-20-15(18)10-14(13)9-12/h6-7,9-11H,8H2,1-3H3,(H2,18,20)(H,19,21). The summed E-state index contributed by atoms with van der Waals surface area (Å²) in [5, 5.41) is 4.58. The van der Waals surface area contributed by atoms with Crippen LogP contribution in [0.1, 0.15) is 26.3 Å². The molecule has 2 aromatic rings. The maximum Gasteiger partial charge on any atom is 0.408 e. The Kier molecular flexibility index (Phi) is 4.52. The van der Waals surface area contributed by atoms with Crippen molar-refractivity contribution in [2.24, 2.45) is 0 Å². The van der Waals surface area contributed by atoms with Gasteiger partial charge in [-0.05, 0) is 44.4 Å². The molecular weight excluding hydrogens is 278 g/mol. The number of nitrogens with zero attached hydrogens (tertiary/aromatic N) is 1. The number of nitrogen functional groups attached to an aromatic ring is 1. The van der Waals surface area contributed by atoms with Gasteiger partial charge in [0.1, 0.15) is 11.4 Å². The van der Waals surface area contributed by atoms with Gasteiger partial charge in [-0.3, -0.25) is 0 Å². The highest BCUT2D eigenvalue weighted by atomic mass is 16.6. The number of nitrogens with one attached hydrogen (secondary N) is 1. The average molecular weight is 297 g/mol. The minimum atomic E-state index is -0.510. The van der Waals surface area contributed by atoms with E-state index < -0.39 is 11.7 Å². The summed E-state index contributed by atoms with van der Waals surface area (Å²) in [5.74, 6) is 6.36. The predicted molar refractivity (Wildman–Crippen MR) is 87.3 cm³/mol. The second kappa shape index (κ2) is 6.35. The topological polar surface area (TPSA) is 77.2 Å². The molecule has 0 aliphatic rings. The normalized spacial score (nSPS) is 10.7. The first-order valence-electron chi connectivity index (χ1n) is 6.94. The minimum Gasteiger partial charge on any atom is -0.444 e. The molecule has 0 radical (unpaired) electrons. The van der Waals surface area contributed by atoms with Crippen LogP contribution in [0.25, 0.3) is 10.8 Å². The number of aromatic nitrogens is 1. The molecule has 2 rings (SSSR count). The van der Waals surface area contributed by atoms with Gasteiger partial charge >= 0.3 is 6.09 Å². The lowest BCUT2D eigenvalue weighted by atomic mass is 10.1. The summed E-state index contributed by atoms with van der Waals surface area (Å²) in [4.78, 5) is 15.5. The lowest BCUT2D eigenvalue weighted by Crippen LogP contribution is -2.32. The Balaban J connectivity index is 1.98. The van der Waals surface area contributed by atoms with Crippen LogP contribution in [0, 0.1) is 11.8 Å². The van der Waals surface area contributed by atoms with Crippen molar-refractivity contribution in [3.05, 3.63) is 36.0 Å². The van der Waals surface area contributed by atoms with E-state index in [-0.39, 0.29) is 6.54 Å². The molecule has 0 fully saturated rings. The number of alkyl carbamates (subject to hydrolysis) is 1. The van der Waals surface area contributed by atoms with E-state index in [4.69, 9.17) is 10.5 Å². The first-order valence-corrected chi connectivity index (χ1v) is 6.94. The Morgan fingerprint density at radius 3 is 2.82 bits per heavy atom. The molecule has 0 bridgehead atoms. The molecular formula is C17H19N3O2. The van der Waals surface area contributed by atoms with Gasteiger partial charge in [0, 0.05) is 17.1 Å². The Bertz CT molecular complexity index is 752. The predicted octanol–water partition coefficient (Wildman–Crippen LogP) is 2.69. The largest absolute Gasteiger partial charge is 0.444 e. The molecule has 5 nitrogen and oxygen atoms in total. The molecule has 1 aromatic heterocycles. The molecule has 0 atom stereocenters. The van der Waals surface area contributed by atoms with Crippen LogP contribution in [0.3, 0.4) is 0 Å². The van der Waals surface area contributed by atoms with Gasteiger partial charge in [-0.1, -0.05) is 17.9 Å². The number of hydrogen-bond donors (Lipinski definition) is 2. The zero-order valence-electron chi connectivity index (χ0n) is 12.9. The summed E-state index contributed by atoms with van der Waals surface area (Å²) in [5.41, 5.74) is 6.01. The molecule has 1 heterocycles. The van der Waals surface area contributed by atoms with Gasteiger partial charge in [-0.15, -0.1) is 0 Å². The van der Waals surface area contributed by atoms with Crippen LogP contribution in [0.4, 0.5) is 10.6 Å². The van der Waals surface area contributed by atoms with Crippen molar-refractivity contribution in [3.63, 3.8) is 0 Å². The summed E-state index contributed by atoms with van der Waals surface area (Å²) in [6.45, 7) is 5.67. The third-order valence-corrected chi connectivity index (χ3v) is 2.70. The van der Waals surface area contributed by atoms with Crippen molar-refractivity contribution >= 4 is 22.7 Å². The molecule has 1 aromatic carbocycles. The highest BCUT2D eigenvalue weighted by Gasteiger charge is 2.14. The van der Waals surface area contributed by atoms with Crippen LogP contribution < -0.4 is 11.1 Å². The van der Waals surface area contributed by atoms with Crippen molar-refractivity contribution < 1.29 is 9.53 Å². The van der Waals surface area contributed by atoms with Crippen molar-refractivity contribution in [1.82, 2.24) is 10.3 Å². The molecule has 0 spiro atoms. The summed E-state index contributed by atoms with van der Waals surface area (Å²) < 4.78 is 5.12. The number of hydrogen-bond acceptors (Lipinski definition) is 4. The van der Waals surface area contributed by atoms with E-state index in [2.05, 4.69) is 22.1 Å². The number of carbonyl (C=O) groups is 1. The van der Waals surface area contributed by atoms with Gasteiger partial charge < -0.3 is 15.8 Å². The van der Waals surface area contributed by atoms with Gasteiger partial charge in [0.25, 0.3) is 0 Å². The van der Waals surface area contributed by atoms with Crippen LogP contribution in [0.5, 0.6) is 0 Å². The van der Waals surface area contributed by atoms with Gasteiger partial charge in [0.15, 0.2) is 0 Å². The Hall–Kier alpha value is -2.74. The average Bonchev–Trinajstić information content (AvgIpc) is 2.41. The zero-order valence-corrected chi connectivity index (χ0v) is 12.9. The van der Waals surface area contributed by atoms with Gasteiger partial charge in [0.05, 0.1) is 6.54 Å². The van der Waals surface area contributed by atoms with Crippen molar-refractivity contribution in [3.8, 4) is 11.8 Å². The molecule has 3 N–H and O–H groups in total. The number of carbonyl (C=O) groups excluding carboxylic acids is 1. The number of fused-ring (bicyclic) bond motifs is 1. The fourth-order valence-electron chi connectivity index (χ4n) is 1.81. The summed E-state index contributed by atoms with van der Waals surface area (Å²) in [6, 6.07) is 7.58. The smallest absolute Gasteiger partial charge is 0.408 e. The number of nitrogens with two attached hydrogens (primary N) is 1. The van der Waals surface area contributed by atoms with Gasteiger partial charge in [-0.25, -0.2) is 9.78 Å². The van der Waals surface area contributed by atoms with Crippen LogP contribution in [0.15, 0.2) is 30.5 Å². The van der Waals surface area contributed by atoms with Crippen molar-refractivity contribution in [2.45, 2.75) is 26.4 Å². The van der Waals surface area contributed by atoms with Crippen LogP contribution >= 0.6 is 0 Å². The van der Waals surface area contributed by atoms with Gasteiger partial charge in [-0.2, -0.15) is 0 Å². The quantitative estimate of drug-likeness (QED) is 0.793. The summed E-state index contributed by atoms with van der Waals surface area (Å²) in [6.07, 6.45) is 1.26. The minimum absolute atomic E-state index is 0.228. The van der Waals surface area contributed by atoms with Crippen molar-refractivity contribution in [2.75, 3.05) is 12.3 Å². The summed E-state index contributed by atoms with van der Waals surface area (Å²) in [7, 11) is 0. The number of rotatable bonds is 1. The Labute approximate surface area is 129 Å². The zero-order chi connectivity index (χ0) is 16.2. The fourth-order valence-corrected chi connectivity index (χ4v) is 1.81. The van der Waals surface area contributed by atoms with E-state index in [0.717, 1.165) is 16.3 Å². The SMILES string of the molecule is CC(C)(C)OC(=O)NCC#Cc1ccc2cnc(N)cc2c1. The molecule has 0 saturated carbocycles. The molecule has 114 valence electrons. The van der Waals surface area contributed by atoms with E-state index in [1.807, 2.05) is 39.0 Å². The maximum atomic E-state index is 11.5. The molecule has 0 unspecified atom stereocenters. The van der Waals surface area contributed by atoms with E-state index in [9.17, 15) is 4.79 Å². The molecule has 0 aliphatic heterocycles. The highest BCUT2D eigenvalue weighted by molar-refractivity contribution is 5.84. The van der Waals surface area contributed by atoms with Crippen LogP contribution in [-0.4, -0.2) is 23.2 Å². The van der Waals surface area contributed by atoms with Crippen molar-refractivity contribution in [1.29, 1.82) is 0 Å². The Morgan fingerprint density at radius 2 is 2.09 bits per heavy atom. The van der Waals surface area contributed by atoms with Crippen LogP contribution in [0.2, 0.25) is 0 Å². The number of pyridine rings is 1. The molecule has 0 saturated heterocycles. The number of anilines is 1. The molecule has 1 amide bonds. The van der Waals surface area contributed by atoms with Gasteiger partial charge in [0.2, 0.25) is 0 Å². The van der Waals surface area contributed by atoms with E-state index in [0.29, 0.717) is 5.82 Å². The first kappa shape index (κ1) is 15.6. The lowest BCUT2D eigenvalue weighted by Gasteiger charge is -2.18. The monoisotopic (exact) mass is 297 g/mol. The molecule has 22 heavy (non-hydrogen) atoms. The second-order valence-corrected chi connectivity index (χ2v) is 5.83. The number of amides is 1. The Morgan fingerprint density at radius 1 is 1.32 bits per heavy atom. The highest BCUT2D eigenvalue weighted by Crippen LogP contribution is 2.16. The number of benzene rings is 1. The van der Waals surface area contributed by atoms with Crippen LogP contribution in [-0.2, 0) is 4.74 Å². The van der Waals surface area contributed by atoms with E-state index in [1.54, 1.807) is 12.3 Å². The fraction of sp³-hybridized carbons (Fsp3) is 0.294. The molecule has 5 heteroatoms. The maximum absolute atomic E-state index is 11.5. The third-order valence-electron chi connectivity index (χ3n) is 2.70. The molecule has 0 aliphatic carbocycles. The lowest BCUT2D eigenvalue weighted by molar-refractivity contribution is 0.0535. The van der Waals surface area contributed by atoms with E-state index in [1.165, 1.54) is 0 Å². The summed E-state index contributed by atoms with van der Waals surface area (Å²) >= 11 is 0. The van der Waals surface area contributed by atoms with E-state index >= 15 is 0 Å². The first-order chi connectivity index (χ1) is 10.3. The third kappa shape index (κ3) is 4.67. The second-order valence-electron chi connectivity index (χ2n) is 5.83. The number of ether oxygens (including phenoxy) is 1.